The first-order chi connectivity index (χ1) is 8.10. The molecule has 17 heavy (non-hydrogen) atoms. The minimum Gasteiger partial charge on any atom is -0.478 e. The van der Waals surface area contributed by atoms with Crippen LogP contribution in [0.5, 0.6) is 0 Å². The summed E-state index contributed by atoms with van der Waals surface area (Å²) in [4.78, 5) is 12.0. The van der Waals surface area contributed by atoms with E-state index in [2.05, 4.69) is 11.2 Å². The maximum absolute atomic E-state index is 11.3. The first-order valence-electron chi connectivity index (χ1n) is 5.32. The van der Waals surface area contributed by atoms with Crippen molar-refractivity contribution in [3.63, 3.8) is 0 Å². The molecule has 1 atom stereocenters. The lowest BCUT2D eigenvalue weighted by Gasteiger charge is -2.14. The van der Waals surface area contributed by atoms with Gasteiger partial charge in [0.05, 0.1) is 17.3 Å². The molecule has 0 saturated carbocycles. The number of aromatic carboxylic acids is 1. The molecule has 90 valence electrons. The summed E-state index contributed by atoms with van der Waals surface area (Å²) in [5.41, 5.74) is 0.864. The van der Waals surface area contributed by atoms with E-state index >= 15 is 0 Å². The highest BCUT2D eigenvalue weighted by molar-refractivity contribution is 7.99. The van der Waals surface area contributed by atoms with Crippen molar-refractivity contribution in [2.45, 2.75) is 24.8 Å². The van der Waals surface area contributed by atoms with Crippen LogP contribution in [0.4, 0.5) is 5.69 Å². The number of benzene rings is 1. The Hall–Kier alpha value is -1.60. The van der Waals surface area contributed by atoms with Gasteiger partial charge in [-0.1, -0.05) is 18.9 Å². The molecule has 1 rings (SSSR count). The Morgan fingerprint density at radius 1 is 1.65 bits per heavy atom. The van der Waals surface area contributed by atoms with Crippen LogP contribution in [0, 0.1) is 12.3 Å². The lowest BCUT2D eigenvalue weighted by atomic mass is 10.1. The van der Waals surface area contributed by atoms with Crippen LogP contribution < -0.4 is 5.32 Å². The lowest BCUT2D eigenvalue weighted by Crippen LogP contribution is -2.15. The molecule has 3 nitrogen and oxygen atoms in total. The zero-order chi connectivity index (χ0) is 12.8. The van der Waals surface area contributed by atoms with Crippen LogP contribution in [0.15, 0.2) is 23.1 Å². The molecule has 0 amide bonds. The number of thioether (sulfide) groups is 1. The highest BCUT2D eigenvalue weighted by Crippen LogP contribution is 2.28. The number of nitrogens with one attached hydrogen (secondary N) is 1. The fourth-order valence-corrected chi connectivity index (χ4v) is 2.25. The summed E-state index contributed by atoms with van der Waals surface area (Å²) < 4.78 is 0. The predicted octanol–water partition coefficient (Wildman–Crippen LogP) is 2.93. The van der Waals surface area contributed by atoms with E-state index < -0.39 is 5.97 Å². The van der Waals surface area contributed by atoms with Crippen molar-refractivity contribution < 1.29 is 9.90 Å². The number of carboxylic acid groups (broad SMARTS) is 1. The largest absolute Gasteiger partial charge is 0.478 e. The van der Waals surface area contributed by atoms with E-state index in [0.29, 0.717) is 11.3 Å². The maximum atomic E-state index is 11.3. The molecule has 0 spiro atoms. The van der Waals surface area contributed by atoms with E-state index in [-0.39, 0.29) is 6.04 Å². The molecular weight excluding hydrogens is 234 g/mol. The molecule has 0 fully saturated rings. The molecular formula is C13H15NO2S. The van der Waals surface area contributed by atoms with E-state index in [9.17, 15) is 9.90 Å². The van der Waals surface area contributed by atoms with Gasteiger partial charge in [0.2, 0.25) is 0 Å². The zero-order valence-electron chi connectivity index (χ0n) is 9.86. The second-order valence-electron chi connectivity index (χ2n) is 3.45. The fourth-order valence-electron chi connectivity index (χ4n) is 1.42. The summed E-state index contributed by atoms with van der Waals surface area (Å²) in [6, 6.07) is 5.17. The standard InChI is InChI=1S/C13H15NO2S/c1-4-9(3)14-10-7-6-8-11(17-5-2)12(10)13(15)16/h1,6-9,14H,5H2,2-3H3,(H,15,16). The number of carbonyl (C=O) groups is 1. The second kappa shape index (κ2) is 6.21. The smallest absolute Gasteiger partial charge is 0.338 e. The van der Waals surface area contributed by atoms with E-state index in [1.165, 1.54) is 11.8 Å². The predicted molar refractivity (Wildman–Crippen MR) is 71.7 cm³/mol. The zero-order valence-corrected chi connectivity index (χ0v) is 10.7. The molecule has 2 N–H and O–H groups in total. The number of rotatable bonds is 5. The Morgan fingerprint density at radius 3 is 2.88 bits per heavy atom. The molecule has 0 radical (unpaired) electrons. The normalized spacial score (nSPS) is 11.6. The van der Waals surface area contributed by atoms with Gasteiger partial charge in [-0.2, -0.15) is 0 Å². The quantitative estimate of drug-likeness (QED) is 0.622. The summed E-state index contributed by atoms with van der Waals surface area (Å²) in [6.45, 7) is 3.80. The molecule has 0 heterocycles. The van der Waals surface area contributed by atoms with Gasteiger partial charge in [-0.05, 0) is 24.8 Å². The highest BCUT2D eigenvalue weighted by Gasteiger charge is 2.16. The van der Waals surface area contributed by atoms with Crippen molar-refractivity contribution in [2.75, 3.05) is 11.1 Å². The molecule has 0 saturated heterocycles. The number of hydrogen-bond donors (Lipinski definition) is 2. The van der Waals surface area contributed by atoms with Crippen LogP contribution in [0.2, 0.25) is 0 Å². The van der Waals surface area contributed by atoms with Gasteiger partial charge in [-0.25, -0.2) is 4.79 Å². The van der Waals surface area contributed by atoms with Crippen molar-refractivity contribution in [2.24, 2.45) is 0 Å². The van der Waals surface area contributed by atoms with E-state index in [0.717, 1.165) is 10.6 Å². The Kier molecular flexibility index (Phi) is 4.92. The Morgan fingerprint density at radius 2 is 2.35 bits per heavy atom. The Balaban J connectivity index is 3.16. The number of anilines is 1. The summed E-state index contributed by atoms with van der Waals surface area (Å²) in [7, 11) is 0. The van der Waals surface area contributed by atoms with Crippen LogP contribution in [-0.4, -0.2) is 22.9 Å². The van der Waals surface area contributed by atoms with Gasteiger partial charge < -0.3 is 10.4 Å². The van der Waals surface area contributed by atoms with Crippen molar-refractivity contribution in [3.05, 3.63) is 23.8 Å². The second-order valence-corrected chi connectivity index (χ2v) is 4.76. The van der Waals surface area contributed by atoms with Crippen LogP contribution in [0.1, 0.15) is 24.2 Å². The van der Waals surface area contributed by atoms with Crippen LogP contribution >= 0.6 is 11.8 Å². The van der Waals surface area contributed by atoms with Gasteiger partial charge in [0, 0.05) is 4.90 Å². The topological polar surface area (TPSA) is 49.3 Å². The highest BCUT2D eigenvalue weighted by atomic mass is 32.2. The summed E-state index contributed by atoms with van der Waals surface area (Å²) in [5, 5.41) is 12.3. The van der Waals surface area contributed by atoms with Crippen molar-refractivity contribution >= 4 is 23.4 Å². The van der Waals surface area contributed by atoms with Crippen molar-refractivity contribution in [1.29, 1.82) is 0 Å². The van der Waals surface area contributed by atoms with Gasteiger partial charge in [0.25, 0.3) is 0 Å². The van der Waals surface area contributed by atoms with Crippen molar-refractivity contribution in [1.82, 2.24) is 0 Å². The first kappa shape index (κ1) is 13.5. The lowest BCUT2D eigenvalue weighted by molar-refractivity contribution is 0.0694. The summed E-state index contributed by atoms with van der Waals surface area (Å²) in [5.74, 6) is 2.41. The van der Waals surface area contributed by atoms with Crippen molar-refractivity contribution in [3.8, 4) is 12.3 Å². The van der Waals surface area contributed by atoms with E-state index in [1.54, 1.807) is 6.07 Å². The molecule has 1 unspecified atom stereocenters. The van der Waals surface area contributed by atoms with E-state index in [4.69, 9.17) is 6.42 Å². The fraction of sp³-hybridized carbons (Fsp3) is 0.308. The third kappa shape index (κ3) is 3.43. The number of terminal acetylenes is 1. The van der Waals surface area contributed by atoms with Crippen LogP contribution in [0.25, 0.3) is 0 Å². The molecule has 0 aliphatic carbocycles. The Bertz CT molecular complexity index is 451. The molecule has 0 aliphatic rings. The van der Waals surface area contributed by atoms with Gasteiger partial charge in [-0.3, -0.25) is 0 Å². The minimum atomic E-state index is -0.937. The van der Waals surface area contributed by atoms with Crippen LogP contribution in [-0.2, 0) is 0 Å². The van der Waals surface area contributed by atoms with Gasteiger partial charge in [-0.15, -0.1) is 18.2 Å². The molecule has 4 heteroatoms. The molecule has 0 aromatic heterocycles. The van der Waals surface area contributed by atoms with Gasteiger partial charge >= 0.3 is 5.97 Å². The van der Waals surface area contributed by atoms with Gasteiger partial charge in [0.15, 0.2) is 0 Å². The average Bonchev–Trinajstić information content (AvgIpc) is 2.29. The monoisotopic (exact) mass is 249 g/mol. The molecule has 0 aliphatic heterocycles. The average molecular weight is 249 g/mol. The third-order valence-electron chi connectivity index (χ3n) is 2.16. The van der Waals surface area contributed by atoms with Gasteiger partial charge in [0.1, 0.15) is 0 Å². The Labute approximate surface area is 106 Å². The molecule has 1 aromatic rings. The minimum absolute atomic E-state index is 0.199. The SMILES string of the molecule is C#CC(C)Nc1cccc(SCC)c1C(=O)O. The van der Waals surface area contributed by atoms with E-state index in [1.807, 2.05) is 26.0 Å². The third-order valence-corrected chi connectivity index (χ3v) is 3.10. The number of hydrogen-bond acceptors (Lipinski definition) is 3. The first-order valence-corrected chi connectivity index (χ1v) is 6.30. The number of carboxylic acids is 1. The summed E-state index contributed by atoms with van der Waals surface area (Å²) >= 11 is 1.51. The summed E-state index contributed by atoms with van der Waals surface area (Å²) in [6.07, 6.45) is 5.28. The maximum Gasteiger partial charge on any atom is 0.338 e. The van der Waals surface area contributed by atoms with Crippen LogP contribution in [0.3, 0.4) is 0 Å². The molecule has 1 aromatic carbocycles. The molecule has 0 bridgehead atoms.